The first-order chi connectivity index (χ1) is 20.8. The first kappa shape index (κ1) is 24.0. The quantitative estimate of drug-likeness (QED) is 0.191. The molecule has 0 radical (unpaired) electrons. The van der Waals surface area contributed by atoms with Crippen molar-refractivity contribution >= 4 is 127 Å². The minimum absolute atomic E-state index is 1.05. The molecule has 198 valence electrons. The van der Waals surface area contributed by atoms with Crippen LogP contribution in [0.3, 0.4) is 0 Å². The van der Waals surface area contributed by atoms with Gasteiger partial charge in [-0.3, -0.25) is 0 Å². The molecule has 0 atom stereocenters. The summed E-state index contributed by atoms with van der Waals surface area (Å²) in [5.41, 5.74) is 2.36. The minimum Gasteiger partial charge on any atom is -0.244 e. The molecule has 2 nitrogen and oxygen atoms in total. The molecule has 8 heteroatoms. The van der Waals surface area contributed by atoms with Gasteiger partial charge in [0.2, 0.25) is 0 Å². The van der Waals surface area contributed by atoms with Gasteiger partial charge in [-0.1, -0.05) is 60.7 Å². The molecule has 0 N–H and O–H groups in total. The lowest BCUT2D eigenvalue weighted by Crippen LogP contribution is -1.73. The number of aromatic nitrogens is 2. The monoisotopic (exact) mass is 644 g/mol. The molecule has 0 amide bonds. The van der Waals surface area contributed by atoms with Crippen molar-refractivity contribution < 1.29 is 0 Å². The van der Waals surface area contributed by atoms with E-state index in [0.29, 0.717) is 0 Å². The first-order valence-electron chi connectivity index (χ1n) is 13.4. The fraction of sp³-hybridized carbons (Fsp3) is 0. The van der Waals surface area contributed by atoms with E-state index in [1.165, 1.54) is 70.3 Å². The van der Waals surface area contributed by atoms with E-state index in [0.717, 1.165) is 19.8 Å². The van der Waals surface area contributed by atoms with Crippen molar-refractivity contribution in [3.05, 3.63) is 97.3 Å². The second kappa shape index (κ2) is 9.00. The van der Waals surface area contributed by atoms with Gasteiger partial charge in [0.05, 0.1) is 28.6 Å². The predicted octanol–water partition coefficient (Wildman–Crippen LogP) is 12.8. The van der Waals surface area contributed by atoms with E-state index < -0.39 is 0 Å². The van der Waals surface area contributed by atoms with Crippen LogP contribution in [0.25, 0.3) is 90.0 Å². The van der Waals surface area contributed by atoms with Gasteiger partial charge < -0.3 is 0 Å². The summed E-state index contributed by atoms with van der Waals surface area (Å²) < 4.78 is 11.0. The maximum Gasteiger partial charge on any atom is 0.123 e. The van der Waals surface area contributed by atoms with Gasteiger partial charge >= 0.3 is 0 Å². The third-order valence-electron chi connectivity index (χ3n) is 7.72. The van der Waals surface area contributed by atoms with Crippen molar-refractivity contribution in [3.63, 3.8) is 0 Å². The Balaban J connectivity index is 0.987. The van der Waals surface area contributed by atoms with Crippen molar-refractivity contribution in [3.8, 4) is 30.9 Å². The fourth-order valence-corrected chi connectivity index (χ4v) is 13.0. The van der Waals surface area contributed by atoms with Crippen LogP contribution in [0.15, 0.2) is 97.3 Å². The number of benzene rings is 4. The lowest BCUT2D eigenvalue weighted by Gasteiger charge is -1.97. The first-order valence-corrected chi connectivity index (χ1v) is 18.3. The number of nitrogens with zero attached hydrogens (tertiary/aromatic N) is 2. The average molecular weight is 645 g/mol. The van der Waals surface area contributed by atoms with Crippen molar-refractivity contribution in [1.29, 1.82) is 0 Å². The average Bonchev–Trinajstić information content (AvgIpc) is 3.86. The Morgan fingerprint density at radius 2 is 0.786 bits per heavy atom. The molecule has 6 aromatic heterocycles. The number of rotatable bonds is 3. The Morgan fingerprint density at radius 1 is 0.381 bits per heavy atom. The molecule has 10 aromatic rings. The van der Waals surface area contributed by atoms with Gasteiger partial charge in [-0.05, 0) is 24.3 Å². The molecule has 0 saturated carbocycles. The molecule has 0 aliphatic heterocycles. The second-order valence-corrected chi connectivity index (χ2v) is 16.5. The van der Waals surface area contributed by atoms with Gasteiger partial charge in [0.15, 0.2) is 0 Å². The van der Waals surface area contributed by atoms with Crippen LogP contribution in [0.2, 0.25) is 0 Å². The molecule has 0 saturated heterocycles. The number of hydrogen-bond acceptors (Lipinski definition) is 8. The number of thiazole rings is 2. The molecular weight excluding hydrogens is 629 g/mol. The zero-order chi connectivity index (χ0) is 27.4. The highest BCUT2D eigenvalue weighted by molar-refractivity contribution is 7.37. The number of fused-ring (bicyclic) bond motifs is 10. The summed E-state index contributed by atoms with van der Waals surface area (Å²) in [5, 5.41) is 7.53. The molecule has 0 aliphatic rings. The standard InChI is InChI=1S/C34H16N2S6/c1-3-7-23-19(5-1)29-31(37-23)21-11-9-17(13-25(21)39-29)33-35-15-27(41-33)28-16-36-34(42-28)18-10-12-22-26(14-18)40-30-20-6-2-4-8-24(20)38-32(22)30/h1-16H. The number of hydrogen-bond donors (Lipinski definition) is 0. The summed E-state index contributed by atoms with van der Waals surface area (Å²) >= 11 is 11.1. The van der Waals surface area contributed by atoms with Gasteiger partial charge in [-0.15, -0.1) is 68.0 Å². The third kappa shape index (κ3) is 3.51. The van der Waals surface area contributed by atoms with E-state index in [9.17, 15) is 0 Å². The van der Waals surface area contributed by atoms with Crippen molar-refractivity contribution in [2.24, 2.45) is 0 Å². The minimum atomic E-state index is 1.05. The van der Waals surface area contributed by atoms with E-state index in [1.54, 1.807) is 22.7 Å². The highest BCUT2D eigenvalue weighted by Gasteiger charge is 2.17. The topological polar surface area (TPSA) is 25.8 Å². The molecule has 0 unspecified atom stereocenters. The van der Waals surface area contributed by atoms with E-state index in [4.69, 9.17) is 9.97 Å². The van der Waals surface area contributed by atoms with Crippen molar-refractivity contribution in [1.82, 2.24) is 9.97 Å². The Kier molecular flexibility index (Phi) is 5.14. The molecule has 10 rings (SSSR count). The van der Waals surface area contributed by atoms with Crippen molar-refractivity contribution in [2.45, 2.75) is 0 Å². The van der Waals surface area contributed by atoms with Crippen LogP contribution in [-0.2, 0) is 0 Å². The zero-order valence-corrected chi connectivity index (χ0v) is 26.5. The lowest BCUT2D eigenvalue weighted by atomic mass is 10.2. The molecule has 4 aromatic carbocycles. The van der Waals surface area contributed by atoms with Gasteiger partial charge in [-0.2, -0.15) is 0 Å². The molecular formula is C34H16N2S6. The molecule has 0 spiro atoms. The third-order valence-corrected chi connectivity index (χ3v) is 15.1. The van der Waals surface area contributed by atoms with Gasteiger partial charge in [0.1, 0.15) is 10.0 Å². The maximum absolute atomic E-state index is 4.83. The van der Waals surface area contributed by atoms with Gasteiger partial charge in [0.25, 0.3) is 0 Å². The maximum atomic E-state index is 4.83. The van der Waals surface area contributed by atoms with Crippen LogP contribution in [-0.4, -0.2) is 9.97 Å². The Morgan fingerprint density at radius 3 is 1.26 bits per heavy atom. The van der Waals surface area contributed by atoms with Crippen LogP contribution in [0, 0.1) is 0 Å². The summed E-state index contributed by atoms with van der Waals surface area (Å²) in [4.78, 5) is 12.0. The van der Waals surface area contributed by atoms with Gasteiger partial charge in [-0.25, -0.2) is 9.97 Å². The smallest absolute Gasteiger partial charge is 0.123 e. The Labute approximate surface area is 263 Å². The van der Waals surface area contributed by atoms with E-state index >= 15 is 0 Å². The molecule has 0 bridgehead atoms. The highest BCUT2D eigenvalue weighted by Crippen LogP contribution is 2.47. The SMILES string of the molecule is c1ccc2c(c1)sc1c3ccc(-c4ncc(-c5cnc(-c6ccc7c(c6)sc6c8ccccc8sc76)s5)s4)cc3sc21. The van der Waals surface area contributed by atoms with Crippen LogP contribution < -0.4 is 0 Å². The second-order valence-electron chi connectivity index (χ2n) is 10.2. The zero-order valence-electron chi connectivity index (χ0n) is 21.6. The van der Waals surface area contributed by atoms with Crippen LogP contribution in [0.5, 0.6) is 0 Å². The summed E-state index contributed by atoms with van der Waals surface area (Å²) in [6.45, 7) is 0. The predicted molar refractivity (Wildman–Crippen MR) is 191 cm³/mol. The van der Waals surface area contributed by atoms with Crippen molar-refractivity contribution in [2.75, 3.05) is 0 Å². The normalized spacial score (nSPS) is 12.3. The Hall–Kier alpha value is -3.50. The number of thiophene rings is 4. The molecule has 6 heterocycles. The lowest BCUT2D eigenvalue weighted by molar-refractivity contribution is 1.40. The summed E-state index contributed by atoms with van der Waals surface area (Å²) in [7, 11) is 0. The molecule has 0 aliphatic carbocycles. The summed E-state index contributed by atoms with van der Waals surface area (Å²) in [6, 6.07) is 31.1. The van der Waals surface area contributed by atoms with Crippen LogP contribution in [0.1, 0.15) is 0 Å². The fourth-order valence-electron chi connectivity index (χ4n) is 5.72. The molecule has 0 fully saturated rings. The largest absolute Gasteiger partial charge is 0.244 e. The summed E-state index contributed by atoms with van der Waals surface area (Å²) in [5.74, 6) is 0. The van der Waals surface area contributed by atoms with Crippen LogP contribution >= 0.6 is 68.0 Å². The Bertz CT molecular complexity index is 2470. The molecule has 42 heavy (non-hydrogen) atoms. The van der Waals surface area contributed by atoms with E-state index in [1.807, 2.05) is 57.7 Å². The van der Waals surface area contributed by atoms with Crippen LogP contribution in [0.4, 0.5) is 0 Å². The summed E-state index contributed by atoms with van der Waals surface area (Å²) in [6.07, 6.45) is 4.01. The highest BCUT2D eigenvalue weighted by atomic mass is 32.1. The van der Waals surface area contributed by atoms with E-state index in [-0.39, 0.29) is 0 Å². The van der Waals surface area contributed by atoms with E-state index in [2.05, 4.69) is 84.9 Å². The van der Waals surface area contributed by atoms with Gasteiger partial charge in [0, 0.05) is 63.9 Å².